The molecule has 0 radical (unpaired) electrons. The fourth-order valence-electron chi connectivity index (χ4n) is 5.79. The summed E-state index contributed by atoms with van der Waals surface area (Å²) in [5.41, 5.74) is -5.84. The van der Waals surface area contributed by atoms with E-state index in [1.807, 2.05) is 0 Å². The van der Waals surface area contributed by atoms with Crippen LogP contribution in [0.4, 0.5) is 26.3 Å². The second-order valence-corrected chi connectivity index (χ2v) is 12.1. The monoisotopic (exact) mass is 658 g/mol. The van der Waals surface area contributed by atoms with Crippen molar-refractivity contribution in [1.29, 1.82) is 0 Å². The number of halogens is 8. The molecule has 2 heterocycles. The summed E-state index contributed by atoms with van der Waals surface area (Å²) in [6.07, 6.45) is -9.56. The molecule has 0 saturated heterocycles. The SMILES string of the molecule is CCOC(=O)C1(C)CCC(n2ncc(C(=O)NC(CC(O)c3c(Cl)cncc3Cl)C3(C(F)(F)F)CC3)c2C(F)(F)F)CC1. The van der Waals surface area contributed by atoms with Gasteiger partial charge in [-0.05, 0) is 58.8 Å². The molecular weight excluding hydrogens is 629 g/mol. The fourth-order valence-corrected chi connectivity index (χ4v) is 6.40. The van der Waals surface area contributed by atoms with Gasteiger partial charge in [0.05, 0.1) is 51.4 Å². The molecule has 0 aromatic carbocycles. The van der Waals surface area contributed by atoms with E-state index in [4.69, 9.17) is 27.9 Å². The number of hydrogen-bond acceptors (Lipinski definition) is 6. The minimum Gasteiger partial charge on any atom is -0.466 e. The number of alkyl halides is 6. The first-order chi connectivity index (χ1) is 19.9. The molecule has 2 atom stereocenters. The third-order valence-corrected chi connectivity index (χ3v) is 9.09. The number of aliphatic hydroxyl groups excluding tert-OH is 1. The molecule has 16 heteroatoms. The van der Waals surface area contributed by atoms with Gasteiger partial charge in [-0.3, -0.25) is 19.3 Å². The number of esters is 1. The van der Waals surface area contributed by atoms with Crippen molar-refractivity contribution in [3.8, 4) is 0 Å². The highest BCUT2D eigenvalue weighted by Gasteiger charge is 2.67. The van der Waals surface area contributed by atoms with E-state index >= 15 is 0 Å². The van der Waals surface area contributed by atoms with E-state index in [-0.39, 0.29) is 47.9 Å². The van der Waals surface area contributed by atoms with Crippen molar-refractivity contribution in [3.05, 3.63) is 45.5 Å². The molecule has 0 bridgehead atoms. The predicted molar refractivity (Wildman–Crippen MR) is 142 cm³/mol. The van der Waals surface area contributed by atoms with E-state index in [0.29, 0.717) is 10.9 Å². The lowest BCUT2D eigenvalue weighted by Gasteiger charge is -2.36. The molecule has 238 valence electrons. The Labute approximate surface area is 253 Å². The number of rotatable bonds is 9. The van der Waals surface area contributed by atoms with Gasteiger partial charge in [-0.2, -0.15) is 31.4 Å². The molecule has 2 aliphatic carbocycles. The highest BCUT2D eigenvalue weighted by atomic mass is 35.5. The predicted octanol–water partition coefficient (Wildman–Crippen LogP) is 6.85. The zero-order valence-corrected chi connectivity index (χ0v) is 24.7. The second kappa shape index (κ2) is 12.1. The number of nitrogens with one attached hydrogen (secondary N) is 1. The minimum atomic E-state index is -5.08. The molecule has 1 amide bonds. The number of carbonyl (C=O) groups is 2. The smallest absolute Gasteiger partial charge is 0.433 e. The molecule has 2 aliphatic rings. The van der Waals surface area contributed by atoms with Gasteiger partial charge in [0.25, 0.3) is 5.91 Å². The molecule has 2 aromatic rings. The molecule has 2 aromatic heterocycles. The van der Waals surface area contributed by atoms with Gasteiger partial charge in [0.1, 0.15) is 0 Å². The van der Waals surface area contributed by atoms with Crippen LogP contribution in [0.3, 0.4) is 0 Å². The Kier molecular flexibility index (Phi) is 9.35. The summed E-state index contributed by atoms with van der Waals surface area (Å²) in [6.45, 7) is 3.47. The van der Waals surface area contributed by atoms with Gasteiger partial charge >= 0.3 is 18.3 Å². The van der Waals surface area contributed by atoms with E-state index in [1.54, 1.807) is 13.8 Å². The van der Waals surface area contributed by atoms with E-state index in [1.165, 1.54) is 0 Å². The number of pyridine rings is 1. The normalized spacial score (nSPS) is 23.4. The fraction of sp³-hybridized carbons (Fsp3) is 0.630. The summed E-state index contributed by atoms with van der Waals surface area (Å²) in [4.78, 5) is 29.4. The van der Waals surface area contributed by atoms with Gasteiger partial charge in [-0.15, -0.1) is 0 Å². The molecule has 4 rings (SSSR count). The van der Waals surface area contributed by atoms with Crippen LogP contribution in [-0.4, -0.2) is 50.6 Å². The van der Waals surface area contributed by atoms with Crippen molar-refractivity contribution in [2.75, 3.05) is 6.61 Å². The standard InChI is InChI=1S/C27H30Cl2F6N4O4/c1-3-43-23(42)24(2)6-4-14(5-7-24)39-21(26(30,31)32)15(11-37-39)22(41)38-19(25(8-9-25)27(33,34)35)10-18(40)20-16(28)12-36-13-17(20)29/h11-14,18-19,40H,3-10H2,1-2H3,(H,38,41). The molecular formula is C27H30Cl2F6N4O4. The van der Waals surface area contributed by atoms with Crippen LogP contribution in [0.5, 0.6) is 0 Å². The Morgan fingerprint density at radius 3 is 2.16 bits per heavy atom. The summed E-state index contributed by atoms with van der Waals surface area (Å²) < 4.78 is 91.3. The highest BCUT2D eigenvalue weighted by Crippen LogP contribution is 2.61. The van der Waals surface area contributed by atoms with Crippen LogP contribution in [0.25, 0.3) is 0 Å². The Morgan fingerprint density at radius 2 is 1.67 bits per heavy atom. The average molecular weight is 659 g/mol. The van der Waals surface area contributed by atoms with Gasteiger partial charge in [0, 0.05) is 24.0 Å². The van der Waals surface area contributed by atoms with Crippen LogP contribution >= 0.6 is 23.2 Å². The number of ether oxygens (including phenoxy) is 1. The Bertz CT molecular complexity index is 1330. The maximum Gasteiger partial charge on any atom is 0.433 e. The van der Waals surface area contributed by atoms with Gasteiger partial charge in [-0.25, -0.2) is 0 Å². The van der Waals surface area contributed by atoms with Crippen LogP contribution < -0.4 is 5.32 Å². The average Bonchev–Trinajstić information content (AvgIpc) is 3.60. The number of nitrogens with zero attached hydrogens (tertiary/aromatic N) is 3. The first kappa shape index (κ1) is 33.3. The number of aliphatic hydroxyl groups is 1. The van der Waals surface area contributed by atoms with Gasteiger partial charge in [-0.1, -0.05) is 23.2 Å². The van der Waals surface area contributed by atoms with Crippen molar-refractivity contribution in [1.82, 2.24) is 20.1 Å². The van der Waals surface area contributed by atoms with Gasteiger partial charge in [0.2, 0.25) is 0 Å². The molecule has 2 N–H and O–H groups in total. The Balaban J connectivity index is 1.62. The van der Waals surface area contributed by atoms with Gasteiger partial charge in [0.15, 0.2) is 5.69 Å². The maximum atomic E-state index is 14.4. The Hall–Kier alpha value is -2.58. The largest absolute Gasteiger partial charge is 0.466 e. The zero-order chi connectivity index (χ0) is 32.0. The first-order valence-electron chi connectivity index (χ1n) is 13.6. The topological polar surface area (TPSA) is 106 Å². The molecule has 0 spiro atoms. The van der Waals surface area contributed by atoms with E-state index < -0.39 is 83.8 Å². The molecule has 8 nitrogen and oxygen atoms in total. The Morgan fingerprint density at radius 1 is 1.09 bits per heavy atom. The van der Waals surface area contributed by atoms with Crippen molar-refractivity contribution >= 4 is 35.1 Å². The zero-order valence-electron chi connectivity index (χ0n) is 23.2. The third kappa shape index (κ3) is 6.60. The summed E-state index contributed by atoms with van der Waals surface area (Å²) in [5.74, 6) is -1.88. The maximum absolute atomic E-state index is 14.4. The van der Waals surface area contributed by atoms with Crippen molar-refractivity contribution < 1.29 is 45.8 Å². The number of carbonyl (C=O) groups excluding carboxylic acids is 2. The van der Waals surface area contributed by atoms with Crippen LogP contribution in [0.2, 0.25) is 10.0 Å². The number of hydrogen-bond donors (Lipinski definition) is 2. The lowest BCUT2D eigenvalue weighted by Crippen LogP contribution is -2.48. The van der Waals surface area contributed by atoms with Crippen molar-refractivity contribution in [2.45, 2.75) is 89.3 Å². The summed E-state index contributed by atoms with van der Waals surface area (Å²) in [5, 5.41) is 16.5. The number of amides is 1. The molecule has 43 heavy (non-hydrogen) atoms. The van der Waals surface area contributed by atoms with Gasteiger partial charge < -0.3 is 15.2 Å². The van der Waals surface area contributed by atoms with E-state index in [9.17, 15) is 41.0 Å². The van der Waals surface area contributed by atoms with Crippen LogP contribution in [-0.2, 0) is 15.7 Å². The summed E-state index contributed by atoms with van der Waals surface area (Å²) in [7, 11) is 0. The lowest BCUT2D eigenvalue weighted by atomic mass is 9.74. The highest BCUT2D eigenvalue weighted by molar-refractivity contribution is 6.35. The molecule has 2 unspecified atom stereocenters. The second-order valence-electron chi connectivity index (χ2n) is 11.3. The molecule has 2 saturated carbocycles. The number of aromatic nitrogens is 3. The van der Waals surface area contributed by atoms with E-state index in [0.717, 1.165) is 12.4 Å². The first-order valence-corrected chi connectivity index (χ1v) is 14.4. The lowest BCUT2D eigenvalue weighted by molar-refractivity contribution is -0.196. The summed E-state index contributed by atoms with van der Waals surface area (Å²) in [6, 6.07) is -2.64. The van der Waals surface area contributed by atoms with Crippen molar-refractivity contribution in [3.63, 3.8) is 0 Å². The van der Waals surface area contributed by atoms with Crippen LogP contribution in [0, 0.1) is 10.8 Å². The van der Waals surface area contributed by atoms with Crippen LogP contribution in [0.1, 0.15) is 92.6 Å². The third-order valence-electron chi connectivity index (χ3n) is 8.49. The van der Waals surface area contributed by atoms with Crippen molar-refractivity contribution in [2.24, 2.45) is 10.8 Å². The molecule has 2 fully saturated rings. The minimum absolute atomic E-state index is 0.119. The van der Waals surface area contributed by atoms with E-state index in [2.05, 4.69) is 15.4 Å². The molecule has 0 aliphatic heterocycles. The summed E-state index contributed by atoms with van der Waals surface area (Å²) >= 11 is 12.1. The quantitative estimate of drug-likeness (QED) is 0.225. The van der Waals surface area contributed by atoms with Crippen LogP contribution in [0.15, 0.2) is 18.6 Å².